The molecule has 22 heavy (non-hydrogen) atoms. The minimum absolute atomic E-state index is 0.0625. The van der Waals surface area contributed by atoms with E-state index in [0.29, 0.717) is 12.2 Å². The second-order valence-corrected chi connectivity index (χ2v) is 6.37. The molecular weight excluding hydrogens is 307 g/mol. The average molecular weight is 322 g/mol. The maximum absolute atomic E-state index is 13.7. The van der Waals surface area contributed by atoms with Crippen LogP contribution in [0.5, 0.6) is 0 Å². The zero-order chi connectivity index (χ0) is 15.6. The molecule has 1 aromatic heterocycles. The van der Waals surface area contributed by atoms with Crippen molar-refractivity contribution in [2.75, 3.05) is 18.1 Å². The molecule has 1 amide bonds. The lowest BCUT2D eigenvalue weighted by molar-refractivity contribution is 0.0609. The summed E-state index contributed by atoms with van der Waals surface area (Å²) in [5.41, 5.74) is -0.550. The number of aliphatic hydroxyl groups is 1. The molecule has 2 aromatic rings. The van der Waals surface area contributed by atoms with Crippen LogP contribution in [-0.2, 0) is 0 Å². The Morgan fingerprint density at radius 2 is 2.32 bits per heavy atom. The smallest absolute Gasteiger partial charge is 0.273 e. The molecule has 1 atom stereocenters. The van der Waals surface area contributed by atoms with Crippen molar-refractivity contribution in [3.05, 3.63) is 41.8 Å². The first kappa shape index (κ1) is 15.1. The standard InChI is InChI=1S/C15H15FN2O3S/c16-11-4-2-1-3-10(11)13-7-12(18-21-13)14(19)17-8-15(20)5-6-22-9-15/h1-4,7,20H,5-6,8-9H2,(H,17,19). The largest absolute Gasteiger partial charge is 0.387 e. The van der Waals surface area contributed by atoms with Gasteiger partial charge in [0, 0.05) is 18.4 Å². The molecule has 1 aromatic carbocycles. The van der Waals surface area contributed by atoms with Crippen LogP contribution >= 0.6 is 11.8 Å². The Bertz CT molecular complexity index is 683. The van der Waals surface area contributed by atoms with Crippen molar-refractivity contribution in [1.82, 2.24) is 10.5 Å². The van der Waals surface area contributed by atoms with E-state index < -0.39 is 17.3 Å². The topological polar surface area (TPSA) is 75.4 Å². The molecule has 2 N–H and O–H groups in total. The molecule has 3 rings (SSSR count). The van der Waals surface area contributed by atoms with Gasteiger partial charge in [-0.2, -0.15) is 11.8 Å². The minimum atomic E-state index is -0.863. The van der Waals surface area contributed by atoms with E-state index in [1.807, 2.05) is 0 Å². The van der Waals surface area contributed by atoms with Gasteiger partial charge in [-0.1, -0.05) is 17.3 Å². The van der Waals surface area contributed by atoms with Crippen molar-refractivity contribution in [3.63, 3.8) is 0 Å². The molecule has 1 aliphatic rings. The summed E-state index contributed by atoms with van der Waals surface area (Å²) in [6.45, 7) is 0.167. The molecule has 2 heterocycles. The predicted molar refractivity (Wildman–Crippen MR) is 81.1 cm³/mol. The van der Waals surface area contributed by atoms with Crippen molar-refractivity contribution < 1.29 is 18.8 Å². The van der Waals surface area contributed by atoms with Gasteiger partial charge in [0.05, 0.1) is 11.2 Å². The summed E-state index contributed by atoms with van der Waals surface area (Å²) in [6, 6.07) is 7.50. The molecule has 1 unspecified atom stereocenters. The lowest BCUT2D eigenvalue weighted by atomic mass is 10.0. The molecule has 1 aliphatic heterocycles. The van der Waals surface area contributed by atoms with Crippen LogP contribution in [-0.4, -0.2) is 39.8 Å². The van der Waals surface area contributed by atoms with E-state index in [0.717, 1.165) is 5.75 Å². The number of thioether (sulfide) groups is 1. The normalized spacial score (nSPS) is 21.0. The average Bonchev–Trinajstić information content (AvgIpc) is 3.15. The van der Waals surface area contributed by atoms with Crippen molar-refractivity contribution in [1.29, 1.82) is 0 Å². The molecule has 1 fully saturated rings. The number of nitrogens with one attached hydrogen (secondary N) is 1. The second-order valence-electron chi connectivity index (χ2n) is 5.27. The quantitative estimate of drug-likeness (QED) is 0.901. The van der Waals surface area contributed by atoms with Gasteiger partial charge < -0.3 is 14.9 Å². The molecule has 0 aliphatic carbocycles. The lowest BCUT2D eigenvalue weighted by Gasteiger charge is -2.20. The van der Waals surface area contributed by atoms with Gasteiger partial charge in [-0.05, 0) is 24.3 Å². The zero-order valence-corrected chi connectivity index (χ0v) is 12.5. The monoisotopic (exact) mass is 322 g/mol. The van der Waals surface area contributed by atoms with E-state index in [9.17, 15) is 14.3 Å². The molecule has 5 nitrogen and oxygen atoms in total. The Balaban J connectivity index is 1.68. The fourth-order valence-electron chi connectivity index (χ4n) is 2.24. The van der Waals surface area contributed by atoms with Gasteiger partial charge >= 0.3 is 0 Å². The molecular formula is C15H15FN2O3S. The minimum Gasteiger partial charge on any atom is -0.387 e. The number of nitrogens with zero attached hydrogens (tertiary/aromatic N) is 1. The van der Waals surface area contributed by atoms with E-state index in [1.54, 1.807) is 30.0 Å². The summed E-state index contributed by atoms with van der Waals surface area (Å²) in [5.74, 6) is 0.790. The van der Waals surface area contributed by atoms with Gasteiger partial charge in [0.15, 0.2) is 11.5 Å². The van der Waals surface area contributed by atoms with E-state index in [2.05, 4.69) is 10.5 Å². The highest BCUT2D eigenvalue weighted by molar-refractivity contribution is 7.99. The van der Waals surface area contributed by atoms with Crippen LogP contribution in [0.15, 0.2) is 34.9 Å². The zero-order valence-electron chi connectivity index (χ0n) is 11.7. The van der Waals surface area contributed by atoms with Crippen molar-refractivity contribution in [3.8, 4) is 11.3 Å². The number of carbonyl (C=O) groups excluding carboxylic acids is 1. The third kappa shape index (κ3) is 3.15. The Kier molecular flexibility index (Phi) is 4.17. The van der Waals surface area contributed by atoms with Crippen LogP contribution in [0.2, 0.25) is 0 Å². The summed E-state index contributed by atoms with van der Waals surface area (Å²) in [6.07, 6.45) is 0.650. The highest BCUT2D eigenvalue weighted by Crippen LogP contribution is 2.27. The number of rotatable bonds is 4. The molecule has 0 spiro atoms. The Morgan fingerprint density at radius 1 is 1.50 bits per heavy atom. The highest BCUT2D eigenvalue weighted by atomic mass is 32.2. The number of aromatic nitrogens is 1. The third-order valence-corrected chi connectivity index (χ3v) is 4.78. The van der Waals surface area contributed by atoms with Crippen LogP contribution in [0.25, 0.3) is 11.3 Å². The molecule has 116 valence electrons. The number of carbonyl (C=O) groups is 1. The van der Waals surface area contributed by atoms with Crippen LogP contribution in [0.3, 0.4) is 0 Å². The van der Waals surface area contributed by atoms with Crippen molar-refractivity contribution in [2.45, 2.75) is 12.0 Å². The van der Waals surface area contributed by atoms with Gasteiger partial charge in [0.2, 0.25) is 0 Å². The van der Waals surface area contributed by atoms with Crippen LogP contribution in [0, 0.1) is 5.82 Å². The molecule has 0 saturated carbocycles. The van der Waals surface area contributed by atoms with Gasteiger partial charge in [0.1, 0.15) is 5.82 Å². The first-order chi connectivity index (χ1) is 10.6. The second kappa shape index (κ2) is 6.10. The first-order valence-corrected chi connectivity index (χ1v) is 8.03. The molecule has 1 saturated heterocycles. The number of benzene rings is 1. The summed E-state index contributed by atoms with van der Waals surface area (Å²) in [4.78, 5) is 12.0. The molecule has 0 radical (unpaired) electrons. The maximum Gasteiger partial charge on any atom is 0.273 e. The number of hydrogen-bond donors (Lipinski definition) is 2. The van der Waals surface area contributed by atoms with Crippen molar-refractivity contribution in [2.24, 2.45) is 0 Å². The fourth-order valence-corrected chi connectivity index (χ4v) is 3.54. The highest BCUT2D eigenvalue weighted by Gasteiger charge is 2.32. The number of halogens is 1. The fraction of sp³-hybridized carbons (Fsp3) is 0.333. The van der Waals surface area contributed by atoms with E-state index >= 15 is 0 Å². The van der Waals surface area contributed by atoms with Gasteiger partial charge in [-0.25, -0.2) is 4.39 Å². The van der Waals surface area contributed by atoms with Crippen LogP contribution < -0.4 is 5.32 Å². The molecule has 7 heteroatoms. The van der Waals surface area contributed by atoms with Crippen molar-refractivity contribution >= 4 is 17.7 Å². The van der Waals surface area contributed by atoms with Crippen LogP contribution in [0.1, 0.15) is 16.9 Å². The summed E-state index contributed by atoms with van der Waals surface area (Å²) in [5, 5.41) is 16.5. The summed E-state index contributed by atoms with van der Waals surface area (Å²) < 4.78 is 18.7. The Morgan fingerprint density at radius 3 is 3.05 bits per heavy atom. The van der Waals surface area contributed by atoms with E-state index in [-0.39, 0.29) is 23.6 Å². The Labute approximate surface area is 130 Å². The maximum atomic E-state index is 13.7. The summed E-state index contributed by atoms with van der Waals surface area (Å²) >= 11 is 1.65. The van der Waals surface area contributed by atoms with E-state index in [1.165, 1.54) is 12.1 Å². The number of amides is 1. The Hall–Kier alpha value is -1.86. The van der Waals surface area contributed by atoms with Gasteiger partial charge in [-0.3, -0.25) is 4.79 Å². The lowest BCUT2D eigenvalue weighted by Crippen LogP contribution is -2.43. The molecule has 0 bridgehead atoms. The summed E-state index contributed by atoms with van der Waals surface area (Å²) in [7, 11) is 0. The van der Waals surface area contributed by atoms with Gasteiger partial charge in [-0.15, -0.1) is 0 Å². The predicted octanol–water partition coefficient (Wildman–Crippen LogP) is 2.08. The number of hydrogen-bond acceptors (Lipinski definition) is 5. The third-order valence-electron chi connectivity index (χ3n) is 3.54. The SMILES string of the molecule is O=C(NCC1(O)CCSC1)c1cc(-c2ccccc2F)on1. The van der Waals surface area contributed by atoms with E-state index in [4.69, 9.17) is 4.52 Å². The van der Waals surface area contributed by atoms with Crippen LogP contribution in [0.4, 0.5) is 4.39 Å². The van der Waals surface area contributed by atoms with Gasteiger partial charge in [0.25, 0.3) is 5.91 Å². The first-order valence-electron chi connectivity index (χ1n) is 6.87.